The Hall–Kier alpha value is -2.14. The van der Waals surface area contributed by atoms with E-state index in [0.717, 1.165) is 16.7 Å². The number of anilines is 1. The molecule has 1 aromatic carbocycles. The summed E-state index contributed by atoms with van der Waals surface area (Å²) in [7, 11) is 1.33. The van der Waals surface area contributed by atoms with E-state index >= 15 is 0 Å². The van der Waals surface area contributed by atoms with Crippen LogP contribution >= 0.6 is 11.3 Å². The van der Waals surface area contributed by atoms with Crippen molar-refractivity contribution in [3.05, 3.63) is 51.2 Å². The normalized spacial score (nSPS) is 10.2. The number of aryl methyl sites for hydroxylation is 2. The van der Waals surface area contributed by atoms with Gasteiger partial charge in [-0.05, 0) is 30.4 Å². The zero-order valence-electron chi connectivity index (χ0n) is 12.2. The SMILES string of the molecule is COC(=O)c1scc(C)c1NC(=O)Cc1ccc(C)cc1. The van der Waals surface area contributed by atoms with Crippen LogP contribution < -0.4 is 5.32 Å². The highest BCUT2D eigenvalue weighted by atomic mass is 32.1. The summed E-state index contributed by atoms with van der Waals surface area (Å²) in [5.74, 6) is -0.579. The number of methoxy groups -OCH3 is 1. The van der Waals surface area contributed by atoms with Crippen molar-refractivity contribution in [3.8, 4) is 0 Å². The summed E-state index contributed by atoms with van der Waals surface area (Å²) < 4.78 is 4.72. The zero-order valence-corrected chi connectivity index (χ0v) is 13.0. The molecule has 1 N–H and O–H groups in total. The molecule has 0 aliphatic heterocycles. The lowest BCUT2D eigenvalue weighted by Gasteiger charge is -2.07. The maximum absolute atomic E-state index is 12.1. The molecule has 0 saturated heterocycles. The van der Waals surface area contributed by atoms with Gasteiger partial charge in [-0.25, -0.2) is 4.79 Å². The zero-order chi connectivity index (χ0) is 15.4. The molecule has 0 aliphatic carbocycles. The predicted octanol–water partition coefficient (Wildman–Crippen LogP) is 3.33. The number of carbonyl (C=O) groups excluding carboxylic acids is 2. The van der Waals surface area contributed by atoms with Gasteiger partial charge in [-0.3, -0.25) is 4.79 Å². The minimum absolute atomic E-state index is 0.148. The lowest BCUT2D eigenvalue weighted by atomic mass is 10.1. The fourth-order valence-corrected chi connectivity index (χ4v) is 2.84. The van der Waals surface area contributed by atoms with Crippen LogP contribution in [0, 0.1) is 13.8 Å². The summed E-state index contributed by atoms with van der Waals surface area (Å²) in [6.07, 6.45) is 0.274. The van der Waals surface area contributed by atoms with Gasteiger partial charge in [0, 0.05) is 0 Å². The van der Waals surface area contributed by atoms with Crippen molar-refractivity contribution >= 4 is 28.9 Å². The molecule has 0 atom stereocenters. The highest BCUT2D eigenvalue weighted by molar-refractivity contribution is 7.12. The van der Waals surface area contributed by atoms with Crippen LogP contribution in [0.15, 0.2) is 29.6 Å². The average Bonchev–Trinajstić information content (AvgIpc) is 2.82. The molecular formula is C16H17NO3S. The fraction of sp³-hybridized carbons (Fsp3) is 0.250. The maximum Gasteiger partial charge on any atom is 0.350 e. The Balaban J connectivity index is 2.11. The summed E-state index contributed by atoms with van der Waals surface area (Å²) in [6.45, 7) is 3.85. The van der Waals surface area contributed by atoms with Crippen molar-refractivity contribution in [3.63, 3.8) is 0 Å². The van der Waals surface area contributed by atoms with Crippen molar-refractivity contribution in [2.75, 3.05) is 12.4 Å². The average molecular weight is 303 g/mol. The Labute approximate surface area is 127 Å². The molecule has 110 valence electrons. The summed E-state index contributed by atoms with van der Waals surface area (Å²) >= 11 is 1.27. The van der Waals surface area contributed by atoms with E-state index in [1.165, 1.54) is 18.4 Å². The van der Waals surface area contributed by atoms with Crippen LogP contribution in [-0.2, 0) is 16.0 Å². The van der Waals surface area contributed by atoms with E-state index in [2.05, 4.69) is 5.32 Å². The summed E-state index contributed by atoms with van der Waals surface area (Å²) in [5.41, 5.74) is 3.49. The molecular weight excluding hydrogens is 286 g/mol. The van der Waals surface area contributed by atoms with Crippen molar-refractivity contribution in [2.45, 2.75) is 20.3 Å². The minimum atomic E-state index is -0.432. The number of benzene rings is 1. The largest absolute Gasteiger partial charge is 0.465 e. The number of rotatable bonds is 4. The standard InChI is InChI=1S/C16H17NO3S/c1-10-4-6-12(7-5-10)8-13(18)17-14-11(2)9-21-15(14)16(19)20-3/h4-7,9H,8H2,1-3H3,(H,17,18). The van der Waals surface area contributed by atoms with Gasteiger partial charge < -0.3 is 10.1 Å². The molecule has 1 heterocycles. The second-order valence-electron chi connectivity index (χ2n) is 4.82. The van der Waals surface area contributed by atoms with Gasteiger partial charge in [-0.1, -0.05) is 29.8 Å². The van der Waals surface area contributed by atoms with Crippen LogP contribution in [0.1, 0.15) is 26.4 Å². The smallest absolute Gasteiger partial charge is 0.350 e. The first-order valence-corrected chi connectivity index (χ1v) is 7.41. The molecule has 21 heavy (non-hydrogen) atoms. The van der Waals surface area contributed by atoms with E-state index in [1.807, 2.05) is 43.5 Å². The van der Waals surface area contributed by atoms with Crippen LogP contribution in [-0.4, -0.2) is 19.0 Å². The van der Waals surface area contributed by atoms with Gasteiger partial charge >= 0.3 is 5.97 Å². The Morgan fingerprint density at radius 1 is 1.19 bits per heavy atom. The first-order valence-electron chi connectivity index (χ1n) is 6.53. The Morgan fingerprint density at radius 3 is 2.48 bits per heavy atom. The predicted molar refractivity (Wildman–Crippen MR) is 83.9 cm³/mol. The number of thiophene rings is 1. The third-order valence-electron chi connectivity index (χ3n) is 3.10. The highest BCUT2D eigenvalue weighted by Crippen LogP contribution is 2.28. The lowest BCUT2D eigenvalue weighted by molar-refractivity contribution is -0.115. The third-order valence-corrected chi connectivity index (χ3v) is 4.17. The first-order chi connectivity index (χ1) is 10.0. The molecule has 0 fully saturated rings. The molecule has 2 aromatic rings. The molecule has 0 aliphatic rings. The molecule has 4 nitrogen and oxygen atoms in total. The number of hydrogen-bond donors (Lipinski definition) is 1. The number of ether oxygens (including phenoxy) is 1. The molecule has 5 heteroatoms. The maximum atomic E-state index is 12.1. The molecule has 2 rings (SSSR count). The van der Waals surface area contributed by atoms with Crippen LogP contribution in [0.2, 0.25) is 0 Å². The van der Waals surface area contributed by atoms with Crippen molar-refractivity contribution < 1.29 is 14.3 Å². The molecule has 1 amide bonds. The van der Waals surface area contributed by atoms with E-state index in [4.69, 9.17) is 4.74 Å². The Morgan fingerprint density at radius 2 is 1.86 bits per heavy atom. The fourth-order valence-electron chi connectivity index (χ4n) is 1.92. The van der Waals surface area contributed by atoms with Crippen LogP contribution in [0.3, 0.4) is 0 Å². The number of nitrogens with one attached hydrogen (secondary N) is 1. The number of esters is 1. The number of amides is 1. The lowest BCUT2D eigenvalue weighted by Crippen LogP contribution is -2.16. The Kier molecular flexibility index (Phi) is 4.75. The summed E-state index contributed by atoms with van der Waals surface area (Å²) in [6, 6.07) is 7.80. The van der Waals surface area contributed by atoms with Crippen molar-refractivity contribution in [1.29, 1.82) is 0 Å². The van der Waals surface area contributed by atoms with E-state index < -0.39 is 5.97 Å². The van der Waals surface area contributed by atoms with Crippen LogP contribution in [0.4, 0.5) is 5.69 Å². The van der Waals surface area contributed by atoms with E-state index in [-0.39, 0.29) is 12.3 Å². The van der Waals surface area contributed by atoms with Gasteiger partial charge in [0.25, 0.3) is 0 Å². The van der Waals surface area contributed by atoms with E-state index in [0.29, 0.717) is 10.6 Å². The molecule has 0 spiro atoms. The van der Waals surface area contributed by atoms with E-state index in [1.54, 1.807) is 0 Å². The quantitative estimate of drug-likeness (QED) is 0.881. The summed E-state index contributed by atoms with van der Waals surface area (Å²) in [5, 5.41) is 4.63. The summed E-state index contributed by atoms with van der Waals surface area (Å²) in [4.78, 5) is 24.2. The van der Waals surface area contributed by atoms with Crippen LogP contribution in [0.25, 0.3) is 0 Å². The van der Waals surface area contributed by atoms with Gasteiger partial charge in [-0.15, -0.1) is 11.3 Å². The topological polar surface area (TPSA) is 55.4 Å². The van der Waals surface area contributed by atoms with Crippen LogP contribution in [0.5, 0.6) is 0 Å². The van der Waals surface area contributed by atoms with E-state index in [9.17, 15) is 9.59 Å². The molecule has 0 saturated carbocycles. The van der Waals surface area contributed by atoms with Gasteiger partial charge in [0.05, 0.1) is 19.2 Å². The molecule has 0 unspecified atom stereocenters. The highest BCUT2D eigenvalue weighted by Gasteiger charge is 2.18. The number of carbonyl (C=O) groups is 2. The first kappa shape index (κ1) is 15.3. The Bertz CT molecular complexity index is 659. The second-order valence-corrected chi connectivity index (χ2v) is 5.70. The second kappa shape index (κ2) is 6.54. The molecule has 0 radical (unpaired) electrons. The van der Waals surface area contributed by atoms with Gasteiger partial charge in [-0.2, -0.15) is 0 Å². The van der Waals surface area contributed by atoms with Gasteiger partial charge in [0.1, 0.15) is 4.88 Å². The monoisotopic (exact) mass is 303 g/mol. The van der Waals surface area contributed by atoms with Gasteiger partial charge in [0.2, 0.25) is 5.91 Å². The number of hydrogen-bond acceptors (Lipinski definition) is 4. The van der Waals surface area contributed by atoms with Crippen molar-refractivity contribution in [1.82, 2.24) is 0 Å². The van der Waals surface area contributed by atoms with Crippen molar-refractivity contribution in [2.24, 2.45) is 0 Å². The molecule has 1 aromatic heterocycles. The molecule has 0 bridgehead atoms. The van der Waals surface area contributed by atoms with Gasteiger partial charge in [0.15, 0.2) is 0 Å². The third kappa shape index (κ3) is 3.70. The minimum Gasteiger partial charge on any atom is -0.465 e.